The van der Waals surface area contributed by atoms with Crippen LogP contribution in [0.2, 0.25) is 0 Å². The van der Waals surface area contributed by atoms with E-state index in [9.17, 15) is 0 Å². The van der Waals surface area contributed by atoms with Crippen LogP contribution in [-0.4, -0.2) is 0 Å². The van der Waals surface area contributed by atoms with Crippen molar-refractivity contribution in [3.05, 3.63) is 48.5 Å². The van der Waals surface area contributed by atoms with Crippen molar-refractivity contribution in [3.63, 3.8) is 0 Å². The molecule has 0 aliphatic carbocycles. The minimum atomic E-state index is -1.15. The predicted octanol–water partition coefficient (Wildman–Crippen LogP) is 0.884. The number of nitrogen functional groups attached to an aromatic ring is 2. The summed E-state index contributed by atoms with van der Waals surface area (Å²) < 4.78 is 2.96. The number of rotatable bonds is 2. The summed E-state index contributed by atoms with van der Waals surface area (Å²) in [6.07, 6.45) is 0. The molecule has 0 radical (unpaired) electrons. The predicted molar refractivity (Wildman–Crippen MR) is 61.0 cm³/mol. The Balaban J connectivity index is 2.15. The Hall–Kier alpha value is -1.02. The molecule has 0 aliphatic rings. The molecule has 0 saturated carbocycles. The SMILES string of the molecule is Nc1cc[c]([Hg][c]2ccc(N)cc2)cc1. The molecule has 0 aliphatic heterocycles. The van der Waals surface area contributed by atoms with Gasteiger partial charge >= 0.3 is 102 Å². The zero-order valence-corrected chi connectivity index (χ0v) is 14.0. The summed E-state index contributed by atoms with van der Waals surface area (Å²) in [5, 5.41) is 0. The van der Waals surface area contributed by atoms with E-state index in [0.717, 1.165) is 11.4 Å². The van der Waals surface area contributed by atoms with Crippen molar-refractivity contribution in [2.24, 2.45) is 0 Å². The topological polar surface area (TPSA) is 52.0 Å². The molecule has 72 valence electrons. The molecule has 0 bridgehead atoms. The maximum absolute atomic E-state index is 5.65. The third kappa shape index (κ3) is 2.96. The quantitative estimate of drug-likeness (QED) is 0.596. The fourth-order valence-electron chi connectivity index (χ4n) is 1.51. The summed E-state index contributed by atoms with van der Waals surface area (Å²) in [5.41, 5.74) is 13.0. The molecule has 15 heavy (non-hydrogen) atoms. The molecule has 0 spiro atoms. The second-order valence-electron chi connectivity index (χ2n) is 3.66. The van der Waals surface area contributed by atoms with Crippen molar-refractivity contribution in [1.29, 1.82) is 0 Å². The van der Waals surface area contributed by atoms with Gasteiger partial charge in [-0.2, -0.15) is 0 Å². The van der Waals surface area contributed by atoms with Gasteiger partial charge < -0.3 is 0 Å². The van der Waals surface area contributed by atoms with E-state index >= 15 is 0 Å². The molecular formula is C12H12HgN2. The molecule has 4 N–H and O–H groups in total. The van der Waals surface area contributed by atoms with Crippen LogP contribution in [0.25, 0.3) is 0 Å². The number of hydrogen-bond donors (Lipinski definition) is 2. The molecule has 2 rings (SSSR count). The molecule has 0 heterocycles. The van der Waals surface area contributed by atoms with Crippen molar-refractivity contribution < 1.29 is 24.6 Å². The van der Waals surface area contributed by atoms with Crippen LogP contribution in [0.3, 0.4) is 0 Å². The van der Waals surface area contributed by atoms with E-state index in [2.05, 4.69) is 24.3 Å². The van der Waals surface area contributed by atoms with Gasteiger partial charge in [-0.3, -0.25) is 0 Å². The van der Waals surface area contributed by atoms with Gasteiger partial charge in [-0.15, -0.1) is 0 Å². The van der Waals surface area contributed by atoms with Gasteiger partial charge in [0.25, 0.3) is 0 Å². The van der Waals surface area contributed by atoms with E-state index in [0.29, 0.717) is 0 Å². The van der Waals surface area contributed by atoms with Gasteiger partial charge in [-0.25, -0.2) is 0 Å². The summed E-state index contributed by atoms with van der Waals surface area (Å²) in [6.45, 7) is 0. The van der Waals surface area contributed by atoms with Crippen LogP contribution in [-0.2, 0) is 24.6 Å². The standard InChI is InChI=1S/2C6H6N.Hg/c2*7-6-4-2-1-3-5-6;/h2*2-5H,7H2;. The summed E-state index contributed by atoms with van der Waals surface area (Å²) in [5.74, 6) is 0. The Morgan fingerprint density at radius 2 is 0.933 bits per heavy atom. The van der Waals surface area contributed by atoms with Crippen molar-refractivity contribution in [2.45, 2.75) is 0 Å². The van der Waals surface area contributed by atoms with Crippen molar-refractivity contribution in [2.75, 3.05) is 11.5 Å². The summed E-state index contributed by atoms with van der Waals surface area (Å²) >= 11 is -1.15. The Morgan fingerprint density at radius 3 is 1.27 bits per heavy atom. The average molecular weight is 385 g/mol. The summed E-state index contributed by atoms with van der Waals surface area (Å²) in [7, 11) is 0. The third-order valence-corrected chi connectivity index (χ3v) is 9.21. The summed E-state index contributed by atoms with van der Waals surface area (Å²) in [6, 6.07) is 16.5. The van der Waals surface area contributed by atoms with Crippen LogP contribution in [0.4, 0.5) is 11.4 Å². The van der Waals surface area contributed by atoms with Crippen molar-refractivity contribution in [1.82, 2.24) is 0 Å². The van der Waals surface area contributed by atoms with Gasteiger partial charge in [0.05, 0.1) is 0 Å². The zero-order chi connectivity index (χ0) is 10.7. The number of benzene rings is 2. The van der Waals surface area contributed by atoms with Crippen molar-refractivity contribution in [3.8, 4) is 0 Å². The first kappa shape index (κ1) is 10.5. The minimum absolute atomic E-state index is 0.837. The van der Waals surface area contributed by atoms with E-state index in [1.807, 2.05) is 24.3 Å². The van der Waals surface area contributed by atoms with Crippen LogP contribution in [0.1, 0.15) is 0 Å². The second kappa shape index (κ2) is 4.66. The molecule has 3 heteroatoms. The molecule has 2 aromatic carbocycles. The molecule has 0 aromatic heterocycles. The number of anilines is 2. The monoisotopic (exact) mass is 386 g/mol. The zero-order valence-electron chi connectivity index (χ0n) is 8.48. The van der Waals surface area contributed by atoms with E-state index in [-0.39, 0.29) is 0 Å². The van der Waals surface area contributed by atoms with E-state index in [1.54, 1.807) is 0 Å². The first-order chi connectivity index (χ1) is 7.24. The fraction of sp³-hybridized carbons (Fsp3) is 0. The molecule has 0 amide bonds. The molecule has 0 fully saturated rings. The number of nitrogens with two attached hydrogens (primary N) is 2. The Labute approximate surface area is 102 Å². The van der Waals surface area contributed by atoms with Gasteiger partial charge in [0, 0.05) is 0 Å². The van der Waals surface area contributed by atoms with Gasteiger partial charge in [-0.05, 0) is 0 Å². The van der Waals surface area contributed by atoms with Gasteiger partial charge in [-0.1, -0.05) is 0 Å². The van der Waals surface area contributed by atoms with Gasteiger partial charge in [0.1, 0.15) is 0 Å². The van der Waals surface area contributed by atoms with E-state index in [1.165, 1.54) is 6.14 Å². The van der Waals surface area contributed by atoms with Crippen LogP contribution < -0.4 is 17.6 Å². The van der Waals surface area contributed by atoms with Crippen LogP contribution in [0, 0.1) is 0 Å². The summed E-state index contributed by atoms with van der Waals surface area (Å²) in [4.78, 5) is 0. The molecule has 2 aromatic rings. The van der Waals surface area contributed by atoms with E-state index in [4.69, 9.17) is 11.5 Å². The van der Waals surface area contributed by atoms with Crippen LogP contribution in [0.5, 0.6) is 0 Å². The maximum atomic E-state index is 5.65. The third-order valence-electron chi connectivity index (χ3n) is 2.37. The van der Waals surface area contributed by atoms with Gasteiger partial charge in [0.2, 0.25) is 0 Å². The van der Waals surface area contributed by atoms with E-state index < -0.39 is 24.6 Å². The van der Waals surface area contributed by atoms with Crippen LogP contribution >= 0.6 is 0 Å². The Kier molecular flexibility index (Phi) is 3.26. The first-order valence-corrected chi connectivity index (χ1v) is 10.4. The fourth-order valence-corrected chi connectivity index (χ4v) is 7.00. The molecule has 2 nitrogen and oxygen atoms in total. The Bertz CT molecular complexity index is 391. The second-order valence-corrected chi connectivity index (χ2v) is 11.4. The first-order valence-electron chi connectivity index (χ1n) is 4.93. The molecule has 0 saturated heterocycles. The average Bonchev–Trinajstić information content (AvgIpc) is 2.25. The molecule has 0 atom stereocenters. The van der Waals surface area contributed by atoms with Crippen LogP contribution in [0.15, 0.2) is 48.5 Å². The number of hydrogen-bond acceptors (Lipinski definition) is 2. The molecular weight excluding hydrogens is 373 g/mol. The normalized spacial score (nSPS) is 9.60. The van der Waals surface area contributed by atoms with Gasteiger partial charge in [0.15, 0.2) is 0 Å². The van der Waals surface area contributed by atoms with Crippen molar-refractivity contribution >= 4 is 17.5 Å². The molecule has 0 unspecified atom stereocenters. The Morgan fingerprint density at radius 1 is 0.600 bits per heavy atom.